The van der Waals surface area contributed by atoms with E-state index in [9.17, 15) is 14.7 Å². The highest BCUT2D eigenvalue weighted by Crippen LogP contribution is 2.21. The zero-order chi connectivity index (χ0) is 16.2. The number of carboxylic acids is 1. The van der Waals surface area contributed by atoms with Gasteiger partial charge >= 0.3 is 12.0 Å². The largest absolute Gasteiger partial charge is 0.479 e. The average Bonchev–Trinajstić information content (AvgIpc) is 2.50. The molecule has 6 heteroatoms. The second kappa shape index (κ2) is 6.49. The Bertz CT molecular complexity index is 674. The van der Waals surface area contributed by atoms with Crippen molar-refractivity contribution < 1.29 is 14.7 Å². The molecule has 0 aromatic heterocycles. The van der Waals surface area contributed by atoms with Crippen LogP contribution < -0.4 is 10.6 Å². The summed E-state index contributed by atoms with van der Waals surface area (Å²) >= 11 is 5.77. The van der Waals surface area contributed by atoms with Gasteiger partial charge in [0.25, 0.3) is 0 Å². The molecule has 0 radical (unpaired) electrons. The average molecular weight is 319 g/mol. The monoisotopic (exact) mass is 318 g/mol. The zero-order valence-corrected chi connectivity index (χ0v) is 12.6. The normalized spacial score (nSPS) is 13.0. The number of aliphatic carboxylic acids is 1. The van der Waals surface area contributed by atoms with E-state index in [1.807, 2.05) is 0 Å². The van der Waals surface area contributed by atoms with Crippen LogP contribution in [0.25, 0.3) is 0 Å². The first kappa shape index (κ1) is 15.9. The van der Waals surface area contributed by atoms with E-state index in [2.05, 4.69) is 10.6 Å². The molecule has 2 amide bonds. The van der Waals surface area contributed by atoms with Crippen LogP contribution in [-0.4, -0.2) is 17.1 Å². The Kier molecular flexibility index (Phi) is 4.68. The van der Waals surface area contributed by atoms with Gasteiger partial charge in [-0.25, -0.2) is 9.59 Å². The molecule has 1 atom stereocenters. The Balaban J connectivity index is 2.16. The molecule has 0 bridgehead atoms. The fourth-order valence-electron chi connectivity index (χ4n) is 1.94. The van der Waals surface area contributed by atoms with Gasteiger partial charge in [0.05, 0.1) is 0 Å². The first-order valence-corrected chi connectivity index (χ1v) is 6.93. The van der Waals surface area contributed by atoms with E-state index in [0.29, 0.717) is 16.3 Å². The summed E-state index contributed by atoms with van der Waals surface area (Å²) in [6.07, 6.45) is 0. The Morgan fingerprint density at radius 3 is 2.18 bits per heavy atom. The summed E-state index contributed by atoms with van der Waals surface area (Å²) in [7, 11) is 0. The summed E-state index contributed by atoms with van der Waals surface area (Å²) in [4.78, 5) is 23.7. The second-order valence-corrected chi connectivity index (χ2v) is 5.32. The molecule has 0 fully saturated rings. The molecule has 2 aromatic rings. The molecule has 2 aromatic carbocycles. The quantitative estimate of drug-likeness (QED) is 0.807. The van der Waals surface area contributed by atoms with Crippen molar-refractivity contribution in [3.05, 3.63) is 65.2 Å². The number of hydrogen-bond acceptors (Lipinski definition) is 2. The van der Waals surface area contributed by atoms with Crippen LogP contribution in [0.1, 0.15) is 12.5 Å². The summed E-state index contributed by atoms with van der Waals surface area (Å²) in [6.45, 7) is 1.44. The summed E-state index contributed by atoms with van der Waals surface area (Å²) in [5, 5.41) is 15.1. The van der Waals surface area contributed by atoms with Crippen LogP contribution in [0.3, 0.4) is 0 Å². The molecule has 5 nitrogen and oxygen atoms in total. The van der Waals surface area contributed by atoms with E-state index < -0.39 is 17.5 Å². The number of halogens is 1. The molecule has 0 heterocycles. The van der Waals surface area contributed by atoms with Crippen molar-refractivity contribution in [2.45, 2.75) is 12.5 Å². The van der Waals surface area contributed by atoms with Crippen LogP contribution in [0.15, 0.2) is 54.6 Å². The number of carboxylic acid groups (broad SMARTS) is 1. The van der Waals surface area contributed by atoms with E-state index in [4.69, 9.17) is 11.6 Å². The second-order valence-electron chi connectivity index (χ2n) is 4.88. The minimum Gasteiger partial charge on any atom is -0.479 e. The van der Waals surface area contributed by atoms with Crippen molar-refractivity contribution in [3.63, 3.8) is 0 Å². The first-order valence-electron chi connectivity index (χ1n) is 6.55. The lowest BCUT2D eigenvalue weighted by Crippen LogP contribution is -2.51. The first-order chi connectivity index (χ1) is 10.4. The highest BCUT2D eigenvalue weighted by molar-refractivity contribution is 6.30. The van der Waals surface area contributed by atoms with E-state index in [0.717, 1.165) is 0 Å². The molecule has 3 N–H and O–H groups in total. The van der Waals surface area contributed by atoms with Gasteiger partial charge in [0.1, 0.15) is 0 Å². The van der Waals surface area contributed by atoms with Gasteiger partial charge in [-0.05, 0) is 36.8 Å². The Morgan fingerprint density at radius 2 is 1.64 bits per heavy atom. The maximum Gasteiger partial charge on any atom is 0.333 e. The van der Waals surface area contributed by atoms with Crippen molar-refractivity contribution in [1.29, 1.82) is 0 Å². The third kappa shape index (κ3) is 3.56. The number of amides is 2. The van der Waals surface area contributed by atoms with Gasteiger partial charge in [-0.3, -0.25) is 0 Å². The van der Waals surface area contributed by atoms with Crippen LogP contribution in [0.4, 0.5) is 10.5 Å². The van der Waals surface area contributed by atoms with Crippen LogP contribution in [0.2, 0.25) is 5.02 Å². The SMILES string of the molecule is C[C@](NC(=O)Nc1ccc(Cl)cc1)(C(=O)O)c1ccccc1. The van der Waals surface area contributed by atoms with Gasteiger partial charge in [-0.15, -0.1) is 0 Å². The minimum absolute atomic E-state index is 0.480. The number of carbonyl (C=O) groups is 2. The topological polar surface area (TPSA) is 78.4 Å². The van der Waals surface area contributed by atoms with Crippen LogP contribution >= 0.6 is 11.6 Å². The van der Waals surface area contributed by atoms with E-state index in [-0.39, 0.29) is 0 Å². The summed E-state index contributed by atoms with van der Waals surface area (Å²) in [5.74, 6) is -1.15. The number of rotatable bonds is 4. The summed E-state index contributed by atoms with van der Waals surface area (Å²) < 4.78 is 0. The molecule has 2 rings (SSSR count). The van der Waals surface area contributed by atoms with E-state index in [1.54, 1.807) is 54.6 Å². The minimum atomic E-state index is -1.53. The van der Waals surface area contributed by atoms with Crippen molar-refractivity contribution in [2.75, 3.05) is 5.32 Å². The van der Waals surface area contributed by atoms with Crippen LogP contribution in [0.5, 0.6) is 0 Å². The molecule has 114 valence electrons. The van der Waals surface area contributed by atoms with Gasteiger partial charge in [-0.1, -0.05) is 41.9 Å². The Hall–Kier alpha value is -2.53. The number of urea groups is 1. The molecular formula is C16H15ClN2O3. The van der Waals surface area contributed by atoms with Gasteiger partial charge in [0.15, 0.2) is 5.54 Å². The van der Waals surface area contributed by atoms with E-state index >= 15 is 0 Å². The highest BCUT2D eigenvalue weighted by Gasteiger charge is 2.36. The zero-order valence-electron chi connectivity index (χ0n) is 11.8. The highest BCUT2D eigenvalue weighted by atomic mass is 35.5. The molecule has 0 spiro atoms. The molecular weight excluding hydrogens is 304 g/mol. The maximum absolute atomic E-state index is 12.1. The number of nitrogens with one attached hydrogen (secondary N) is 2. The Labute approximate surface area is 132 Å². The molecule has 0 aliphatic rings. The molecule has 22 heavy (non-hydrogen) atoms. The number of carbonyl (C=O) groups excluding carboxylic acids is 1. The fourth-order valence-corrected chi connectivity index (χ4v) is 2.07. The van der Waals surface area contributed by atoms with Crippen molar-refractivity contribution in [1.82, 2.24) is 5.32 Å². The predicted octanol–water partition coefficient (Wildman–Crippen LogP) is 3.46. The van der Waals surface area contributed by atoms with Crippen molar-refractivity contribution in [2.24, 2.45) is 0 Å². The lowest BCUT2D eigenvalue weighted by atomic mass is 9.92. The summed E-state index contributed by atoms with van der Waals surface area (Å²) in [6, 6.07) is 14.4. The van der Waals surface area contributed by atoms with Crippen LogP contribution in [-0.2, 0) is 10.3 Å². The van der Waals surface area contributed by atoms with Gasteiger partial charge < -0.3 is 15.7 Å². The van der Waals surface area contributed by atoms with Gasteiger partial charge in [0.2, 0.25) is 0 Å². The molecule has 0 saturated carbocycles. The molecule has 0 unspecified atom stereocenters. The third-order valence-corrected chi connectivity index (χ3v) is 3.50. The standard InChI is InChI=1S/C16H15ClN2O3/c1-16(14(20)21,11-5-3-2-4-6-11)19-15(22)18-13-9-7-12(17)8-10-13/h2-10H,1H3,(H,20,21)(H2,18,19,22)/t16-/m1/s1. The molecule has 0 saturated heterocycles. The lowest BCUT2D eigenvalue weighted by molar-refractivity contribution is -0.144. The van der Waals surface area contributed by atoms with Gasteiger partial charge in [0, 0.05) is 10.7 Å². The van der Waals surface area contributed by atoms with Gasteiger partial charge in [-0.2, -0.15) is 0 Å². The third-order valence-electron chi connectivity index (χ3n) is 3.24. The van der Waals surface area contributed by atoms with Crippen molar-refractivity contribution >= 4 is 29.3 Å². The Morgan fingerprint density at radius 1 is 1.05 bits per heavy atom. The molecule has 0 aliphatic carbocycles. The molecule has 0 aliphatic heterocycles. The number of benzene rings is 2. The van der Waals surface area contributed by atoms with Crippen molar-refractivity contribution in [3.8, 4) is 0 Å². The predicted molar refractivity (Wildman–Crippen MR) is 85.0 cm³/mol. The number of anilines is 1. The maximum atomic E-state index is 12.1. The summed E-state index contributed by atoms with van der Waals surface area (Å²) in [5.41, 5.74) is -0.533. The fraction of sp³-hybridized carbons (Fsp3) is 0.125. The van der Waals surface area contributed by atoms with E-state index in [1.165, 1.54) is 6.92 Å². The van der Waals surface area contributed by atoms with Crippen LogP contribution in [0, 0.1) is 0 Å². The number of hydrogen-bond donors (Lipinski definition) is 3. The lowest BCUT2D eigenvalue weighted by Gasteiger charge is -2.26. The smallest absolute Gasteiger partial charge is 0.333 e.